The molecule has 2 amide bonds. The maximum absolute atomic E-state index is 13.2. The number of amides is 2. The van der Waals surface area contributed by atoms with Crippen LogP contribution >= 0.6 is 23.1 Å². The van der Waals surface area contributed by atoms with Gasteiger partial charge in [0.05, 0.1) is 11.1 Å². The van der Waals surface area contributed by atoms with Crippen molar-refractivity contribution in [2.24, 2.45) is 0 Å². The highest BCUT2D eigenvalue weighted by molar-refractivity contribution is 7.99. The molecule has 3 heterocycles. The summed E-state index contributed by atoms with van der Waals surface area (Å²) in [6.45, 7) is 0.715. The van der Waals surface area contributed by atoms with Crippen molar-refractivity contribution in [3.05, 3.63) is 70.1 Å². The first kappa shape index (κ1) is 22.3. The maximum atomic E-state index is 13.2. The zero-order chi connectivity index (χ0) is 23.7. The Balaban J connectivity index is 1.24. The zero-order valence-corrected chi connectivity index (χ0v) is 19.5. The molecular formula is C24H19FN4O3S2. The fourth-order valence-electron chi connectivity index (χ4n) is 3.82. The van der Waals surface area contributed by atoms with Crippen LogP contribution < -0.4 is 15.8 Å². The number of aromatic nitrogens is 2. The standard InChI is InChI=1S/C24H19FN4O3S2/c25-15-5-3-14(4-6-15)18-12-33-23-21(18)22(32)27-24(28-23)34-13-19(30)26-16-7-9-17(10-8-16)29-11-1-2-20(29)31/h3-10,12H,1-2,11,13H2,(H,26,30)(H,27,28,32). The number of nitrogens with zero attached hydrogens (tertiary/aromatic N) is 2. The minimum atomic E-state index is -0.343. The molecule has 2 aromatic carbocycles. The van der Waals surface area contributed by atoms with Gasteiger partial charge in [-0.2, -0.15) is 0 Å². The Kier molecular flexibility index (Phi) is 6.16. The van der Waals surface area contributed by atoms with Crippen molar-refractivity contribution in [3.63, 3.8) is 0 Å². The molecule has 0 saturated carbocycles. The van der Waals surface area contributed by atoms with E-state index in [0.717, 1.165) is 29.4 Å². The van der Waals surface area contributed by atoms with Crippen molar-refractivity contribution in [3.8, 4) is 11.1 Å². The highest BCUT2D eigenvalue weighted by Crippen LogP contribution is 2.31. The van der Waals surface area contributed by atoms with E-state index in [9.17, 15) is 18.8 Å². The van der Waals surface area contributed by atoms with Crippen molar-refractivity contribution in [2.45, 2.75) is 18.0 Å². The summed E-state index contributed by atoms with van der Waals surface area (Å²) in [6.07, 6.45) is 1.42. The number of hydrogen-bond donors (Lipinski definition) is 2. The number of carbonyl (C=O) groups excluding carboxylic acids is 2. The topological polar surface area (TPSA) is 95.2 Å². The lowest BCUT2D eigenvalue weighted by atomic mass is 10.1. The first-order valence-electron chi connectivity index (χ1n) is 10.6. The van der Waals surface area contributed by atoms with Crippen LogP contribution in [0.2, 0.25) is 0 Å². The Labute approximate surface area is 202 Å². The average molecular weight is 495 g/mol. The van der Waals surface area contributed by atoms with Crippen molar-refractivity contribution in [1.29, 1.82) is 0 Å². The summed E-state index contributed by atoms with van der Waals surface area (Å²) in [5.74, 6) is -0.403. The number of hydrogen-bond acceptors (Lipinski definition) is 6. The van der Waals surface area contributed by atoms with Gasteiger partial charge < -0.3 is 15.2 Å². The number of carbonyl (C=O) groups is 2. The molecule has 10 heteroatoms. The molecule has 0 radical (unpaired) electrons. The molecule has 1 aliphatic heterocycles. The van der Waals surface area contributed by atoms with Gasteiger partial charge in [0.25, 0.3) is 5.56 Å². The number of thiophene rings is 1. The quantitative estimate of drug-likeness (QED) is 0.301. The van der Waals surface area contributed by atoms with Crippen molar-refractivity contribution in [2.75, 3.05) is 22.5 Å². The van der Waals surface area contributed by atoms with Crippen LogP contribution in [0.5, 0.6) is 0 Å². The van der Waals surface area contributed by atoms with Crippen LogP contribution in [0.4, 0.5) is 15.8 Å². The predicted molar refractivity (Wildman–Crippen MR) is 133 cm³/mol. The van der Waals surface area contributed by atoms with Gasteiger partial charge in [-0.15, -0.1) is 11.3 Å². The highest BCUT2D eigenvalue weighted by atomic mass is 32.2. The Bertz CT molecular complexity index is 1430. The number of thioether (sulfide) groups is 1. The van der Waals surface area contributed by atoms with Crippen LogP contribution in [0.3, 0.4) is 0 Å². The molecule has 1 fully saturated rings. The van der Waals surface area contributed by atoms with Gasteiger partial charge in [-0.3, -0.25) is 14.4 Å². The number of fused-ring (bicyclic) bond motifs is 1. The lowest BCUT2D eigenvalue weighted by Crippen LogP contribution is -2.23. The van der Waals surface area contributed by atoms with Gasteiger partial charge in [0.2, 0.25) is 11.8 Å². The van der Waals surface area contributed by atoms with Crippen molar-refractivity contribution >= 4 is 56.5 Å². The number of aromatic amines is 1. The van der Waals surface area contributed by atoms with Crippen molar-refractivity contribution < 1.29 is 14.0 Å². The number of halogens is 1. The van der Waals surface area contributed by atoms with Crippen LogP contribution in [-0.4, -0.2) is 34.1 Å². The Morgan fingerprint density at radius 1 is 1.15 bits per heavy atom. The van der Waals surface area contributed by atoms with E-state index in [-0.39, 0.29) is 28.9 Å². The lowest BCUT2D eigenvalue weighted by molar-refractivity contribution is -0.117. The second-order valence-electron chi connectivity index (χ2n) is 7.74. The molecule has 0 spiro atoms. The Hall–Kier alpha value is -3.50. The van der Waals surface area contributed by atoms with E-state index in [1.54, 1.807) is 29.2 Å². The average Bonchev–Trinajstić information content (AvgIpc) is 3.45. The van der Waals surface area contributed by atoms with E-state index in [1.165, 1.54) is 23.5 Å². The molecule has 5 rings (SSSR count). The van der Waals surface area contributed by atoms with Gasteiger partial charge in [0.1, 0.15) is 10.6 Å². The summed E-state index contributed by atoms with van der Waals surface area (Å²) >= 11 is 2.46. The molecule has 0 atom stereocenters. The number of anilines is 2. The molecule has 1 saturated heterocycles. The third kappa shape index (κ3) is 4.59. The van der Waals surface area contributed by atoms with Crippen LogP contribution in [0.25, 0.3) is 21.3 Å². The van der Waals surface area contributed by atoms with Crippen LogP contribution in [0.1, 0.15) is 12.8 Å². The number of nitrogens with one attached hydrogen (secondary N) is 2. The number of H-pyrrole nitrogens is 1. The van der Waals surface area contributed by atoms with Gasteiger partial charge in [-0.05, 0) is 48.4 Å². The molecule has 0 bridgehead atoms. The largest absolute Gasteiger partial charge is 0.325 e. The highest BCUT2D eigenvalue weighted by Gasteiger charge is 2.21. The van der Waals surface area contributed by atoms with E-state index in [0.29, 0.717) is 39.6 Å². The van der Waals surface area contributed by atoms with E-state index < -0.39 is 0 Å². The Morgan fingerprint density at radius 2 is 1.91 bits per heavy atom. The maximum Gasteiger partial charge on any atom is 0.260 e. The molecule has 34 heavy (non-hydrogen) atoms. The van der Waals surface area contributed by atoms with E-state index in [2.05, 4.69) is 15.3 Å². The monoisotopic (exact) mass is 494 g/mol. The smallest absolute Gasteiger partial charge is 0.260 e. The number of rotatable bonds is 6. The van der Waals surface area contributed by atoms with Crippen molar-refractivity contribution in [1.82, 2.24) is 9.97 Å². The lowest BCUT2D eigenvalue weighted by Gasteiger charge is -2.16. The molecule has 4 aromatic rings. The van der Waals surface area contributed by atoms with Crippen LogP contribution in [0, 0.1) is 5.82 Å². The summed E-state index contributed by atoms with van der Waals surface area (Å²) in [7, 11) is 0. The zero-order valence-electron chi connectivity index (χ0n) is 17.8. The summed E-state index contributed by atoms with van der Waals surface area (Å²) in [5.41, 5.74) is 2.57. The van der Waals surface area contributed by atoms with Gasteiger partial charge >= 0.3 is 0 Å². The fraction of sp³-hybridized carbons (Fsp3) is 0.167. The van der Waals surface area contributed by atoms with Crippen LogP contribution in [-0.2, 0) is 9.59 Å². The summed E-state index contributed by atoms with van der Waals surface area (Å²) in [4.78, 5) is 46.5. The molecule has 1 aliphatic rings. The van der Waals surface area contributed by atoms with Gasteiger partial charge in [-0.25, -0.2) is 9.37 Å². The summed E-state index contributed by atoms with van der Waals surface area (Å²) in [5, 5.41) is 5.43. The first-order chi connectivity index (χ1) is 16.5. The molecule has 2 aromatic heterocycles. The molecule has 0 unspecified atom stereocenters. The minimum Gasteiger partial charge on any atom is -0.325 e. The van der Waals surface area contributed by atoms with Crippen LogP contribution in [0.15, 0.2) is 63.9 Å². The van der Waals surface area contributed by atoms with Gasteiger partial charge in [0, 0.05) is 35.3 Å². The second kappa shape index (κ2) is 9.40. The summed E-state index contributed by atoms with van der Waals surface area (Å²) < 4.78 is 13.2. The Morgan fingerprint density at radius 3 is 2.62 bits per heavy atom. The SMILES string of the molecule is O=C(CSc1nc2scc(-c3ccc(F)cc3)c2c(=O)[nH]1)Nc1ccc(N2CCCC2=O)cc1. The first-order valence-corrected chi connectivity index (χ1v) is 12.4. The number of benzene rings is 2. The molecule has 7 nitrogen and oxygen atoms in total. The predicted octanol–water partition coefficient (Wildman–Crippen LogP) is 4.65. The summed E-state index contributed by atoms with van der Waals surface area (Å²) in [6, 6.07) is 13.1. The third-order valence-electron chi connectivity index (χ3n) is 5.45. The molecule has 0 aliphatic carbocycles. The molecule has 172 valence electrons. The van der Waals surface area contributed by atoms with Gasteiger partial charge in [0.15, 0.2) is 5.16 Å². The fourth-order valence-corrected chi connectivity index (χ4v) is 5.48. The normalized spacial score (nSPS) is 13.6. The van der Waals surface area contributed by atoms with E-state index >= 15 is 0 Å². The third-order valence-corrected chi connectivity index (χ3v) is 7.20. The second-order valence-corrected chi connectivity index (χ2v) is 9.56. The molecule has 2 N–H and O–H groups in total. The molecular weight excluding hydrogens is 475 g/mol. The van der Waals surface area contributed by atoms with Gasteiger partial charge in [-0.1, -0.05) is 23.9 Å². The minimum absolute atomic E-state index is 0.0665. The van der Waals surface area contributed by atoms with E-state index in [4.69, 9.17) is 0 Å². The van der Waals surface area contributed by atoms with E-state index in [1.807, 2.05) is 17.5 Å².